The summed E-state index contributed by atoms with van der Waals surface area (Å²) in [5.41, 5.74) is 6.77. The molecule has 10 nitrogen and oxygen atoms in total. The Balaban J connectivity index is 0.849. The molecular formula is C48H65N6O4S2+. The van der Waals surface area contributed by atoms with E-state index in [1.165, 1.54) is 0 Å². The van der Waals surface area contributed by atoms with Gasteiger partial charge in [0, 0.05) is 101 Å². The van der Waals surface area contributed by atoms with E-state index in [0.29, 0.717) is 45.6 Å². The van der Waals surface area contributed by atoms with Crippen molar-refractivity contribution in [3.63, 3.8) is 0 Å². The number of carbonyl (C=O) groups is 2. The van der Waals surface area contributed by atoms with Gasteiger partial charge in [0.05, 0.1) is 18.8 Å². The highest BCUT2D eigenvalue weighted by molar-refractivity contribution is 8.76. The Hall–Kier alpha value is -4.49. The first-order valence-electron chi connectivity index (χ1n) is 21.4. The Morgan fingerprint density at radius 2 is 1.23 bits per heavy atom. The molecule has 2 amide bonds. The molecule has 3 N–H and O–H groups in total. The van der Waals surface area contributed by atoms with Crippen LogP contribution in [0.1, 0.15) is 62.1 Å². The number of benzene rings is 2. The molecule has 0 bridgehead atoms. The highest BCUT2D eigenvalue weighted by atomic mass is 33.1. The molecule has 2 aromatic carbocycles. The van der Waals surface area contributed by atoms with Crippen molar-refractivity contribution in [1.29, 1.82) is 0 Å². The van der Waals surface area contributed by atoms with Gasteiger partial charge in [-0.05, 0) is 91.4 Å². The first kappa shape index (κ1) is 46.6. The van der Waals surface area contributed by atoms with E-state index in [0.717, 1.165) is 90.5 Å². The zero-order valence-electron chi connectivity index (χ0n) is 35.7. The van der Waals surface area contributed by atoms with Crippen LogP contribution in [0.15, 0.2) is 103 Å². The average molecular weight is 854 g/mol. The second kappa shape index (κ2) is 25.3. The number of anilines is 2. The summed E-state index contributed by atoms with van der Waals surface area (Å²) in [5, 5.41) is 22.9. The van der Waals surface area contributed by atoms with Gasteiger partial charge in [-0.1, -0.05) is 76.2 Å². The maximum Gasteiger partial charge on any atom is 0.222 e. The Bertz CT molecular complexity index is 1880. The van der Waals surface area contributed by atoms with E-state index in [9.17, 15) is 19.8 Å². The topological polar surface area (TPSA) is 103 Å². The van der Waals surface area contributed by atoms with Gasteiger partial charge in [0.25, 0.3) is 0 Å². The van der Waals surface area contributed by atoms with Crippen LogP contribution in [-0.4, -0.2) is 115 Å². The van der Waals surface area contributed by atoms with Gasteiger partial charge < -0.3 is 35.1 Å². The number of aliphatic hydroxyl groups is 2. The highest BCUT2D eigenvalue weighted by Gasteiger charge is 2.21. The fourth-order valence-electron chi connectivity index (χ4n) is 6.96. The standard InChI is InChI=1S/C48H65N6O4S2/c1-4-39(9-10-40-13-17-43(18-14-40)53-30-24-45(55)37-53)21-26-49-27-32-50(2)47(57)7-5-35-59-60-36-6-8-48(58)51(3)33-34-52-28-22-42(23-29-52)12-11-41-15-19-44(20-16-41)54-31-25-46(56)38-54/h4,9-23,26,28-29,45-46,49,55-56H,5-8,24-25,27,30-38H2,1-3H3/q+1. The van der Waals surface area contributed by atoms with Crippen LogP contribution in [0, 0.1) is 0 Å². The molecule has 0 saturated carbocycles. The van der Waals surface area contributed by atoms with Crippen molar-refractivity contribution in [2.75, 3.05) is 81.2 Å². The van der Waals surface area contributed by atoms with Crippen LogP contribution in [0.3, 0.4) is 0 Å². The summed E-state index contributed by atoms with van der Waals surface area (Å²) in [4.78, 5) is 33.4. The zero-order chi connectivity index (χ0) is 42.5. The molecule has 0 radical (unpaired) electrons. The molecule has 2 atom stereocenters. The summed E-state index contributed by atoms with van der Waals surface area (Å²) in [6.07, 6.45) is 22.5. The molecule has 0 aliphatic carbocycles. The van der Waals surface area contributed by atoms with Crippen molar-refractivity contribution < 1.29 is 24.4 Å². The summed E-state index contributed by atoms with van der Waals surface area (Å²) in [6.45, 7) is 7.94. The molecule has 2 aliphatic rings. The molecular weight excluding hydrogens is 789 g/mol. The molecule has 12 heteroatoms. The van der Waals surface area contributed by atoms with Crippen molar-refractivity contribution in [3.05, 3.63) is 120 Å². The Labute approximate surface area is 366 Å². The van der Waals surface area contributed by atoms with Gasteiger partial charge in [-0.15, -0.1) is 0 Å². The number of nitrogens with one attached hydrogen (secondary N) is 1. The predicted octanol–water partition coefficient (Wildman–Crippen LogP) is 6.91. The molecule has 2 unspecified atom stereocenters. The van der Waals surface area contributed by atoms with Crippen molar-refractivity contribution in [2.45, 2.75) is 64.2 Å². The lowest BCUT2D eigenvalue weighted by molar-refractivity contribution is -0.696. The van der Waals surface area contributed by atoms with Gasteiger partial charge in [-0.3, -0.25) is 9.59 Å². The van der Waals surface area contributed by atoms with E-state index in [1.54, 1.807) is 26.5 Å². The van der Waals surface area contributed by atoms with E-state index < -0.39 is 0 Å². The summed E-state index contributed by atoms with van der Waals surface area (Å²) >= 11 is 0. The van der Waals surface area contributed by atoms with Crippen LogP contribution in [0.4, 0.5) is 11.4 Å². The first-order valence-corrected chi connectivity index (χ1v) is 23.9. The van der Waals surface area contributed by atoms with Crippen molar-refractivity contribution >= 4 is 63.0 Å². The number of pyridine rings is 1. The zero-order valence-corrected chi connectivity index (χ0v) is 37.3. The molecule has 5 rings (SSSR count). The number of allylic oxidation sites excluding steroid dienone is 4. The molecule has 3 aromatic rings. The van der Waals surface area contributed by atoms with Gasteiger partial charge in [0.1, 0.15) is 0 Å². The Morgan fingerprint density at radius 1 is 0.733 bits per heavy atom. The number of aromatic nitrogens is 1. The van der Waals surface area contributed by atoms with Gasteiger partial charge in [0.2, 0.25) is 11.8 Å². The second-order valence-electron chi connectivity index (χ2n) is 15.6. The second-order valence-corrected chi connectivity index (χ2v) is 18.3. The number of amides is 2. The summed E-state index contributed by atoms with van der Waals surface area (Å²) in [7, 11) is 7.30. The van der Waals surface area contributed by atoms with Crippen LogP contribution in [0.25, 0.3) is 18.2 Å². The predicted molar refractivity (Wildman–Crippen MR) is 253 cm³/mol. The molecule has 322 valence electrons. The molecule has 2 saturated heterocycles. The third-order valence-electron chi connectivity index (χ3n) is 10.9. The summed E-state index contributed by atoms with van der Waals surface area (Å²) in [6, 6.07) is 21.1. The van der Waals surface area contributed by atoms with Crippen LogP contribution in [0.2, 0.25) is 0 Å². The lowest BCUT2D eigenvalue weighted by Gasteiger charge is -2.17. The van der Waals surface area contributed by atoms with Gasteiger partial charge in [-0.2, -0.15) is 0 Å². The number of carbonyl (C=O) groups excluding carboxylic acids is 2. The number of nitrogens with zero attached hydrogens (tertiary/aromatic N) is 5. The minimum Gasteiger partial charge on any atom is -0.391 e. The Kier molecular flexibility index (Phi) is 19.7. The van der Waals surface area contributed by atoms with Gasteiger partial charge in [0.15, 0.2) is 18.9 Å². The van der Waals surface area contributed by atoms with E-state index in [1.807, 2.05) is 38.2 Å². The van der Waals surface area contributed by atoms with Gasteiger partial charge >= 0.3 is 0 Å². The minimum absolute atomic E-state index is 0.160. The fourth-order valence-corrected chi connectivity index (χ4v) is 9.13. The van der Waals surface area contributed by atoms with Crippen LogP contribution >= 0.6 is 21.6 Å². The molecule has 2 aliphatic heterocycles. The normalized spacial score (nSPS) is 17.1. The fraction of sp³-hybridized carbons (Fsp3) is 0.438. The minimum atomic E-state index is -0.227. The highest BCUT2D eigenvalue weighted by Crippen LogP contribution is 2.25. The quantitative estimate of drug-likeness (QED) is 0.0407. The molecule has 60 heavy (non-hydrogen) atoms. The van der Waals surface area contributed by atoms with Crippen LogP contribution in [0.5, 0.6) is 0 Å². The number of rotatable bonds is 23. The van der Waals surface area contributed by atoms with E-state index in [2.05, 4.69) is 123 Å². The lowest BCUT2D eigenvalue weighted by atomic mass is 10.1. The first-order chi connectivity index (χ1) is 29.2. The monoisotopic (exact) mass is 853 g/mol. The smallest absolute Gasteiger partial charge is 0.222 e. The number of hydrogen-bond donors (Lipinski definition) is 3. The van der Waals surface area contributed by atoms with E-state index in [4.69, 9.17) is 0 Å². The lowest BCUT2D eigenvalue weighted by Crippen LogP contribution is -2.40. The van der Waals surface area contributed by atoms with Crippen molar-refractivity contribution in [1.82, 2.24) is 15.1 Å². The third kappa shape index (κ3) is 16.2. The number of hydrogen-bond acceptors (Lipinski definition) is 9. The maximum absolute atomic E-state index is 12.7. The van der Waals surface area contributed by atoms with Crippen molar-refractivity contribution in [3.8, 4) is 0 Å². The average Bonchev–Trinajstić information content (AvgIpc) is 3.92. The SMILES string of the molecule is CC=C(C=CNCCN(C)C(=O)CCCSSCCCC(=O)N(C)CC[n+]1ccc(C=Cc2ccc(N3CCC(O)C3)cc2)cc1)C=Cc1ccc(N2CCC(O)C2)cc1. The largest absolute Gasteiger partial charge is 0.391 e. The van der Waals surface area contributed by atoms with Gasteiger partial charge in [-0.25, -0.2) is 4.57 Å². The van der Waals surface area contributed by atoms with E-state index in [-0.39, 0.29) is 24.0 Å². The van der Waals surface area contributed by atoms with Crippen LogP contribution in [-0.2, 0) is 16.1 Å². The Morgan fingerprint density at radius 3 is 1.73 bits per heavy atom. The molecule has 0 spiro atoms. The van der Waals surface area contributed by atoms with Crippen LogP contribution < -0.4 is 19.7 Å². The number of β-amino-alcohol motifs (C(OH)–C–C–N with tert-alkyl or cyclic N) is 2. The van der Waals surface area contributed by atoms with E-state index >= 15 is 0 Å². The molecule has 1 aromatic heterocycles. The number of aliphatic hydroxyl groups excluding tert-OH is 2. The summed E-state index contributed by atoms with van der Waals surface area (Å²) < 4.78 is 2.11. The van der Waals surface area contributed by atoms with Crippen molar-refractivity contribution in [2.24, 2.45) is 0 Å². The third-order valence-corrected chi connectivity index (χ3v) is 13.5. The number of likely N-dealkylation sites (N-methyl/N-ethyl adjacent to an activating group) is 2. The molecule has 2 fully saturated rings. The maximum atomic E-state index is 12.7. The summed E-state index contributed by atoms with van der Waals surface area (Å²) in [5.74, 6) is 2.16. The molecule has 3 heterocycles.